The number of benzene rings is 1. The lowest BCUT2D eigenvalue weighted by Gasteiger charge is -2.22. The fourth-order valence-electron chi connectivity index (χ4n) is 1.38. The van der Waals surface area contributed by atoms with Crippen molar-refractivity contribution < 1.29 is 22.8 Å². The standard InChI is InChI=1S/C12H16ClNO5S/c1-12(2,9-20(13,16)17)19-14-11(15)18-8-10-6-4-3-5-7-10/h3-7H,8-9H2,1-2H3,(H,14,15). The molecule has 1 N–H and O–H groups in total. The van der Waals surface area contributed by atoms with Gasteiger partial charge in [-0.15, -0.1) is 0 Å². The van der Waals surface area contributed by atoms with Gasteiger partial charge in [-0.2, -0.15) is 5.48 Å². The number of rotatable bonds is 6. The lowest BCUT2D eigenvalue weighted by Crippen LogP contribution is -2.40. The third-order valence-electron chi connectivity index (χ3n) is 2.14. The van der Waals surface area contributed by atoms with Crippen molar-refractivity contribution in [2.75, 3.05) is 5.75 Å². The molecule has 0 fully saturated rings. The topological polar surface area (TPSA) is 81.7 Å². The lowest BCUT2D eigenvalue weighted by molar-refractivity contribution is -0.0649. The Morgan fingerprint density at radius 1 is 1.30 bits per heavy atom. The molecule has 1 aromatic rings. The number of carbonyl (C=O) groups excluding carboxylic acids is 1. The maximum atomic E-state index is 11.4. The SMILES string of the molecule is CC(C)(CS(=O)(=O)Cl)ONC(=O)OCc1ccccc1. The second-order valence-corrected chi connectivity index (χ2v) is 7.49. The van der Waals surface area contributed by atoms with Crippen LogP contribution < -0.4 is 5.48 Å². The Morgan fingerprint density at radius 2 is 1.90 bits per heavy atom. The summed E-state index contributed by atoms with van der Waals surface area (Å²) >= 11 is 0. The van der Waals surface area contributed by atoms with Gasteiger partial charge in [-0.25, -0.2) is 13.2 Å². The molecule has 0 spiro atoms. The minimum absolute atomic E-state index is 0.0876. The van der Waals surface area contributed by atoms with E-state index in [1.165, 1.54) is 13.8 Å². The van der Waals surface area contributed by atoms with Gasteiger partial charge in [0.1, 0.15) is 12.2 Å². The van der Waals surface area contributed by atoms with Gasteiger partial charge in [-0.1, -0.05) is 30.3 Å². The summed E-state index contributed by atoms with van der Waals surface area (Å²) in [6, 6.07) is 9.10. The molecule has 8 heteroatoms. The van der Waals surface area contributed by atoms with E-state index in [-0.39, 0.29) is 6.61 Å². The second kappa shape index (κ2) is 6.92. The van der Waals surface area contributed by atoms with E-state index in [0.29, 0.717) is 0 Å². The highest BCUT2D eigenvalue weighted by molar-refractivity contribution is 8.13. The Bertz CT molecular complexity index is 544. The van der Waals surface area contributed by atoms with E-state index in [1.54, 1.807) is 12.1 Å². The number of nitrogens with one attached hydrogen (secondary N) is 1. The Labute approximate surface area is 122 Å². The minimum Gasteiger partial charge on any atom is -0.443 e. The number of amides is 1. The molecular formula is C12H16ClNO5S. The highest BCUT2D eigenvalue weighted by atomic mass is 35.7. The van der Waals surface area contributed by atoms with Gasteiger partial charge in [-0.05, 0) is 19.4 Å². The molecule has 1 amide bonds. The van der Waals surface area contributed by atoms with Crippen LogP contribution in [0.15, 0.2) is 30.3 Å². The molecule has 0 unspecified atom stereocenters. The van der Waals surface area contributed by atoms with Crippen molar-refractivity contribution in [3.63, 3.8) is 0 Å². The maximum Gasteiger partial charge on any atom is 0.431 e. The summed E-state index contributed by atoms with van der Waals surface area (Å²) in [6.45, 7) is 3.04. The Balaban J connectivity index is 2.36. The molecule has 1 aromatic carbocycles. The molecule has 6 nitrogen and oxygen atoms in total. The van der Waals surface area contributed by atoms with Crippen LogP contribution in [0.3, 0.4) is 0 Å². The highest BCUT2D eigenvalue weighted by Crippen LogP contribution is 2.13. The summed E-state index contributed by atoms with van der Waals surface area (Å²) in [5.74, 6) is -0.444. The fourth-order valence-corrected chi connectivity index (χ4v) is 3.05. The second-order valence-electron chi connectivity index (χ2n) is 4.71. The Morgan fingerprint density at radius 3 is 2.45 bits per heavy atom. The molecule has 0 radical (unpaired) electrons. The molecule has 0 saturated carbocycles. The van der Waals surface area contributed by atoms with E-state index >= 15 is 0 Å². The van der Waals surface area contributed by atoms with Crippen LogP contribution in [0.2, 0.25) is 0 Å². The van der Waals surface area contributed by atoms with Crippen LogP contribution >= 0.6 is 10.7 Å². The molecule has 0 aromatic heterocycles. The summed E-state index contributed by atoms with van der Waals surface area (Å²) in [4.78, 5) is 16.4. The molecule has 0 aliphatic rings. The average molecular weight is 322 g/mol. The van der Waals surface area contributed by atoms with Gasteiger partial charge in [0.05, 0.1) is 5.75 Å². The number of hydroxylamine groups is 1. The van der Waals surface area contributed by atoms with Gasteiger partial charge in [-0.3, -0.25) is 4.84 Å². The van der Waals surface area contributed by atoms with Gasteiger partial charge in [0.2, 0.25) is 9.05 Å². The zero-order valence-corrected chi connectivity index (χ0v) is 12.7. The van der Waals surface area contributed by atoms with Crippen molar-refractivity contribution in [2.45, 2.75) is 26.1 Å². The predicted octanol–water partition coefficient (Wildman–Crippen LogP) is 2.19. The van der Waals surface area contributed by atoms with Crippen LogP contribution in [0.5, 0.6) is 0 Å². The van der Waals surface area contributed by atoms with Crippen LogP contribution in [-0.2, 0) is 25.2 Å². The van der Waals surface area contributed by atoms with E-state index in [2.05, 4.69) is 0 Å². The summed E-state index contributed by atoms with van der Waals surface area (Å²) < 4.78 is 26.8. The molecule has 0 bridgehead atoms. The molecule has 20 heavy (non-hydrogen) atoms. The molecule has 112 valence electrons. The zero-order valence-electron chi connectivity index (χ0n) is 11.1. The third-order valence-corrected chi connectivity index (χ3v) is 3.51. The summed E-state index contributed by atoms with van der Waals surface area (Å²) in [6.07, 6.45) is -0.811. The summed E-state index contributed by atoms with van der Waals surface area (Å²) in [5.41, 5.74) is 1.70. The lowest BCUT2D eigenvalue weighted by atomic mass is 10.2. The maximum absolute atomic E-state index is 11.4. The fraction of sp³-hybridized carbons (Fsp3) is 0.417. The smallest absolute Gasteiger partial charge is 0.431 e. The van der Waals surface area contributed by atoms with E-state index in [9.17, 15) is 13.2 Å². The monoisotopic (exact) mass is 321 g/mol. The largest absolute Gasteiger partial charge is 0.443 e. The number of carbonyl (C=O) groups is 1. The van der Waals surface area contributed by atoms with Crippen LogP contribution in [-0.4, -0.2) is 25.9 Å². The summed E-state index contributed by atoms with van der Waals surface area (Å²) in [7, 11) is 1.39. The first-order valence-electron chi connectivity index (χ1n) is 5.75. The molecule has 1 rings (SSSR count). The molecule has 0 atom stereocenters. The minimum atomic E-state index is -3.73. The van der Waals surface area contributed by atoms with E-state index in [1.807, 2.05) is 23.7 Å². The van der Waals surface area contributed by atoms with Gasteiger partial charge in [0.15, 0.2) is 0 Å². The van der Waals surface area contributed by atoms with Crippen LogP contribution in [0, 0.1) is 0 Å². The number of hydrogen-bond acceptors (Lipinski definition) is 5. The normalized spacial score (nSPS) is 11.9. The first-order valence-corrected chi connectivity index (χ1v) is 8.23. The Kier molecular flexibility index (Phi) is 5.79. The number of ether oxygens (including phenoxy) is 1. The van der Waals surface area contributed by atoms with Crippen molar-refractivity contribution in [2.24, 2.45) is 0 Å². The van der Waals surface area contributed by atoms with E-state index < -0.39 is 26.5 Å². The van der Waals surface area contributed by atoms with Crippen LogP contribution in [0.1, 0.15) is 19.4 Å². The zero-order chi connectivity index (χ0) is 15.2. The molecule has 0 aliphatic carbocycles. The molecule has 0 aliphatic heterocycles. The molecular weight excluding hydrogens is 306 g/mol. The average Bonchev–Trinajstić information content (AvgIpc) is 2.32. The number of hydrogen-bond donors (Lipinski definition) is 1. The van der Waals surface area contributed by atoms with E-state index in [4.69, 9.17) is 20.3 Å². The van der Waals surface area contributed by atoms with Crippen molar-refractivity contribution in [1.82, 2.24) is 5.48 Å². The van der Waals surface area contributed by atoms with Crippen molar-refractivity contribution >= 4 is 25.8 Å². The van der Waals surface area contributed by atoms with Gasteiger partial charge < -0.3 is 4.74 Å². The summed E-state index contributed by atoms with van der Waals surface area (Å²) in [5, 5.41) is 0. The Hall–Kier alpha value is -1.31. The highest BCUT2D eigenvalue weighted by Gasteiger charge is 2.27. The van der Waals surface area contributed by atoms with Crippen molar-refractivity contribution in [3.8, 4) is 0 Å². The molecule has 0 heterocycles. The van der Waals surface area contributed by atoms with Gasteiger partial charge >= 0.3 is 6.09 Å². The first-order chi connectivity index (χ1) is 9.18. The van der Waals surface area contributed by atoms with Crippen LogP contribution in [0.25, 0.3) is 0 Å². The number of halogens is 1. The first kappa shape index (κ1) is 16.7. The van der Waals surface area contributed by atoms with E-state index in [0.717, 1.165) is 5.56 Å². The molecule has 0 saturated heterocycles. The van der Waals surface area contributed by atoms with Gasteiger partial charge in [0, 0.05) is 10.7 Å². The van der Waals surface area contributed by atoms with Crippen LogP contribution in [0.4, 0.5) is 4.79 Å². The van der Waals surface area contributed by atoms with Crippen molar-refractivity contribution in [1.29, 1.82) is 0 Å². The van der Waals surface area contributed by atoms with Gasteiger partial charge in [0.25, 0.3) is 0 Å². The third kappa shape index (κ3) is 7.32. The quantitative estimate of drug-likeness (QED) is 0.641. The van der Waals surface area contributed by atoms with Crippen molar-refractivity contribution in [3.05, 3.63) is 35.9 Å². The predicted molar refractivity (Wildman–Crippen MR) is 74.6 cm³/mol.